The highest BCUT2D eigenvalue weighted by Crippen LogP contribution is 2.17. The van der Waals surface area contributed by atoms with E-state index in [0.29, 0.717) is 23.0 Å². The predicted octanol–water partition coefficient (Wildman–Crippen LogP) is 5.24. The first kappa shape index (κ1) is 19.5. The molecule has 1 fully saturated rings. The number of likely N-dealkylation sites (tertiary alicyclic amines) is 1. The number of carbonyl (C=O) groups is 1. The summed E-state index contributed by atoms with van der Waals surface area (Å²) >= 11 is 5.84. The van der Waals surface area contributed by atoms with Crippen molar-refractivity contribution in [2.24, 2.45) is 0 Å². The van der Waals surface area contributed by atoms with Gasteiger partial charge in [-0.25, -0.2) is 4.79 Å². The molecule has 0 aliphatic carbocycles. The first-order valence-corrected chi connectivity index (χ1v) is 9.86. The minimum Gasteiger partial charge on any atom is -0.494 e. The third kappa shape index (κ3) is 6.77. The van der Waals surface area contributed by atoms with E-state index in [1.807, 2.05) is 24.3 Å². The molecule has 2 amide bonds. The van der Waals surface area contributed by atoms with Crippen LogP contribution in [0.1, 0.15) is 25.7 Å². The molecule has 5 nitrogen and oxygen atoms in total. The van der Waals surface area contributed by atoms with Crippen molar-refractivity contribution in [3.63, 3.8) is 0 Å². The second kappa shape index (κ2) is 10.2. The Kier molecular flexibility index (Phi) is 7.36. The van der Waals surface area contributed by atoms with Crippen molar-refractivity contribution in [1.82, 2.24) is 4.90 Å². The van der Waals surface area contributed by atoms with Gasteiger partial charge in [0.05, 0.1) is 6.61 Å². The van der Waals surface area contributed by atoms with Gasteiger partial charge >= 0.3 is 6.03 Å². The molecule has 2 aromatic rings. The van der Waals surface area contributed by atoms with E-state index in [1.54, 1.807) is 24.3 Å². The molecule has 0 aromatic heterocycles. The maximum absolute atomic E-state index is 12.0. The smallest absolute Gasteiger partial charge is 0.323 e. The molecule has 2 N–H and O–H groups in total. The van der Waals surface area contributed by atoms with Gasteiger partial charge in [-0.3, -0.25) is 0 Å². The molecule has 1 heterocycles. The highest BCUT2D eigenvalue weighted by atomic mass is 35.5. The van der Waals surface area contributed by atoms with Gasteiger partial charge in [0.2, 0.25) is 0 Å². The molecule has 1 aliphatic heterocycles. The zero-order valence-electron chi connectivity index (χ0n) is 15.4. The average molecular weight is 388 g/mol. The number of amides is 2. The number of halogens is 1. The third-order valence-corrected chi connectivity index (χ3v) is 4.80. The molecule has 144 valence electrons. The standard InChI is InChI=1S/C21H26ClN3O2/c22-17-5-7-18(8-6-17)23-21(26)24-19-9-11-20(12-10-19)27-16-4-15-25-13-2-1-3-14-25/h5-12H,1-4,13-16H2,(H2,23,24,26). The molecule has 0 unspecified atom stereocenters. The number of urea groups is 1. The Balaban J connectivity index is 1.37. The summed E-state index contributed by atoms with van der Waals surface area (Å²) < 4.78 is 5.80. The molecule has 0 atom stereocenters. The van der Waals surface area contributed by atoms with E-state index in [2.05, 4.69) is 15.5 Å². The van der Waals surface area contributed by atoms with E-state index >= 15 is 0 Å². The molecule has 1 saturated heterocycles. The fourth-order valence-corrected chi connectivity index (χ4v) is 3.25. The molecule has 0 spiro atoms. The molecule has 0 bridgehead atoms. The highest BCUT2D eigenvalue weighted by Gasteiger charge is 2.09. The van der Waals surface area contributed by atoms with Crippen LogP contribution in [0.2, 0.25) is 5.02 Å². The molecular formula is C21H26ClN3O2. The lowest BCUT2D eigenvalue weighted by Gasteiger charge is -2.26. The molecule has 6 heteroatoms. The molecule has 27 heavy (non-hydrogen) atoms. The van der Waals surface area contributed by atoms with Crippen molar-refractivity contribution in [2.45, 2.75) is 25.7 Å². The van der Waals surface area contributed by atoms with Gasteiger partial charge in [0.25, 0.3) is 0 Å². The quantitative estimate of drug-likeness (QED) is 0.639. The van der Waals surface area contributed by atoms with Crippen molar-refractivity contribution in [3.05, 3.63) is 53.6 Å². The Morgan fingerprint density at radius 2 is 1.52 bits per heavy atom. The van der Waals surface area contributed by atoms with Gasteiger partial charge in [-0.05, 0) is 80.9 Å². The summed E-state index contributed by atoms with van der Waals surface area (Å²) in [4.78, 5) is 14.5. The second-order valence-corrected chi connectivity index (χ2v) is 7.15. The zero-order valence-corrected chi connectivity index (χ0v) is 16.2. The normalized spacial score (nSPS) is 14.6. The fraction of sp³-hybridized carbons (Fsp3) is 0.381. The van der Waals surface area contributed by atoms with E-state index in [9.17, 15) is 4.79 Å². The summed E-state index contributed by atoms with van der Waals surface area (Å²) in [5, 5.41) is 6.19. The Labute approximate surface area is 165 Å². The van der Waals surface area contributed by atoms with Crippen LogP contribution < -0.4 is 15.4 Å². The molecule has 2 aromatic carbocycles. The molecule has 1 aliphatic rings. The predicted molar refractivity (Wildman–Crippen MR) is 111 cm³/mol. The SMILES string of the molecule is O=C(Nc1ccc(Cl)cc1)Nc1ccc(OCCCN2CCCCC2)cc1. The minimum absolute atomic E-state index is 0.299. The largest absolute Gasteiger partial charge is 0.494 e. The van der Waals surface area contributed by atoms with Crippen LogP contribution in [0, 0.1) is 0 Å². The highest BCUT2D eigenvalue weighted by molar-refractivity contribution is 6.30. The third-order valence-electron chi connectivity index (χ3n) is 4.55. The minimum atomic E-state index is -0.299. The maximum Gasteiger partial charge on any atom is 0.323 e. The summed E-state index contributed by atoms with van der Waals surface area (Å²) in [6.45, 7) is 4.25. The van der Waals surface area contributed by atoms with Crippen LogP contribution in [0.15, 0.2) is 48.5 Å². The van der Waals surface area contributed by atoms with Gasteiger partial charge in [0, 0.05) is 22.9 Å². The number of anilines is 2. The number of benzene rings is 2. The van der Waals surface area contributed by atoms with E-state index < -0.39 is 0 Å². The summed E-state index contributed by atoms with van der Waals surface area (Å²) in [7, 11) is 0. The van der Waals surface area contributed by atoms with Crippen molar-refractivity contribution >= 4 is 29.0 Å². The number of ether oxygens (including phenoxy) is 1. The van der Waals surface area contributed by atoms with E-state index in [0.717, 1.165) is 18.7 Å². The van der Waals surface area contributed by atoms with Crippen LogP contribution in [-0.4, -0.2) is 37.2 Å². The monoisotopic (exact) mass is 387 g/mol. The van der Waals surface area contributed by atoms with Crippen LogP contribution in [0.25, 0.3) is 0 Å². The Hall–Kier alpha value is -2.24. The lowest BCUT2D eigenvalue weighted by molar-refractivity contribution is 0.205. The van der Waals surface area contributed by atoms with Crippen molar-refractivity contribution in [3.8, 4) is 5.75 Å². The number of nitrogens with one attached hydrogen (secondary N) is 2. The van der Waals surface area contributed by atoms with Crippen LogP contribution in [-0.2, 0) is 0 Å². The van der Waals surface area contributed by atoms with Gasteiger partial charge in [-0.1, -0.05) is 18.0 Å². The Morgan fingerprint density at radius 3 is 2.15 bits per heavy atom. The number of hydrogen-bond acceptors (Lipinski definition) is 3. The lowest BCUT2D eigenvalue weighted by Crippen LogP contribution is -2.31. The number of hydrogen-bond donors (Lipinski definition) is 2. The van der Waals surface area contributed by atoms with Gasteiger partial charge in [-0.15, -0.1) is 0 Å². The molecule has 0 saturated carbocycles. The van der Waals surface area contributed by atoms with Crippen LogP contribution >= 0.6 is 11.6 Å². The van der Waals surface area contributed by atoms with E-state index in [1.165, 1.54) is 32.4 Å². The number of carbonyl (C=O) groups excluding carboxylic acids is 1. The number of piperidine rings is 1. The van der Waals surface area contributed by atoms with Gasteiger partial charge in [0.1, 0.15) is 5.75 Å². The summed E-state index contributed by atoms with van der Waals surface area (Å²) in [6.07, 6.45) is 5.04. The first-order valence-electron chi connectivity index (χ1n) is 9.48. The summed E-state index contributed by atoms with van der Waals surface area (Å²) in [5.74, 6) is 0.817. The Morgan fingerprint density at radius 1 is 0.926 bits per heavy atom. The van der Waals surface area contributed by atoms with E-state index in [-0.39, 0.29) is 6.03 Å². The van der Waals surface area contributed by atoms with Gasteiger partial charge in [-0.2, -0.15) is 0 Å². The van der Waals surface area contributed by atoms with Crippen LogP contribution in [0.4, 0.5) is 16.2 Å². The van der Waals surface area contributed by atoms with Crippen LogP contribution in [0.5, 0.6) is 5.75 Å². The van der Waals surface area contributed by atoms with Crippen LogP contribution in [0.3, 0.4) is 0 Å². The zero-order chi connectivity index (χ0) is 18.9. The first-order chi connectivity index (χ1) is 13.2. The molecule has 3 rings (SSSR count). The fourth-order valence-electron chi connectivity index (χ4n) is 3.12. The van der Waals surface area contributed by atoms with Gasteiger partial charge < -0.3 is 20.3 Å². The average Bonchev–Trinajstić information content (AvgIpc) is 2.69. The summed E-state index contributed by atoms with van der Waals surface area (Å²) in [5.41, 5.74) is 1.40. The molecular weight excluding hydrogens is 362 g/mol. The van der Waals surface area contributed by atoms with Gasteiger partial charge in [0.15, 0.2) is 0 Å². The van der Waals surface area contributed by atoms with Crippen molar-refractivity contribution in [2.75, 3.05) is 36.9 Å². The second-order valence-electron chi connectivity index (χ2n) is 6.71. The number of nitrogens with zero attached hydrogens (tertiary/aromatic N) is 1. The topological polar surface area (TPSA) is 53.6 Å². The summed E-state index contributed by atoms with van der Waals surface area (Å²) in [6, 6.07) is 14.1. The van der Waals surface area contributed by atoms with E-state index in [4.69, 9.17) is 16.3 Å². The lowest BCUT2D eigenvalue weighted by atomic mass is 10.1. The van der Waals surface area contributed by atoms with Crippen molar-refractivity contribution in [1.29, 1.82) is 0 Å². The van der Waals surface area contributed by atoms with Crippen molar-refractivity contribution < 1.29 is 9.53 Å². The molecule has 0 radical (unpaired) electrons. The maximum atomic E-state index is 12.0. The number of rotatable bonds is 7. The Bertz CT molecular complexity index is 713.